The van der Waals surface area contributed by atoms with Crippen molar-refractivity contribution in [3.05, 3.63) is 29.8 Å². The molecule has 23 nitrogen and oxygen atoms in total. The summed E-state index contributed by atoms with van der Waals surface area (Å²) in [5, 5.41) is 18.0. The molecule has 0 bridgehead atoms. The summed E-state index contributed by atoms with van der Waals surface area (Å²) in [5.74, 6) is -10.2. The van der Waals surface area contributed by atoms with Crippen molar-refractivity contribution in [2.45, 2.75) is 134 Å². The maximum absolute atomic E-state index is 14.5. The van der Waals surface area contributed by atoms with Crippen LogP contribution in [0.15, 0.2) is 24.3 Å². The molecule has 0 aliphatic carbocycles. The molecule has 0 radical (unpaired) electrons. The van der Waals surface area contributed by atoms with Gasteiger partial charge in [-0.15, -0.1) is 0 Å². The van der Waals surface area contributed by atoms with Gasteiger partial charge in [-0.25, -0.2) is 0 Å². The molecular formula is C45H69N11O12S. The average Bonchev–Trinajstić information content (AvgIpc) is 3.79. The minimum absolute atomic E-state index is 0.0143. The summed E-state index contributed by atoms with van der Waals surface area (Å²) >= 11 is 1.16. The Morgan fingerprint density at radius 3 is 2.10 bits per heavy atom. The number of primary amides is 3. The fourth-order valence-corrected chi connectivity index (χ4v) is 8.57. The molecule has 2 heterocycles. The summed E-state index contributed by atoms with van der Waals surface area (Å²) < 4.78 is 13.6. The van der Waals surface area contributed by atoms with Gasteiger partial charge in [0.1, 0.15) is 48.0 Å². The number of carbonyl (C=O) groups excluding carboxylic acids is 11. The van der Waals surface area contributed by atoms with Crippen molar-refractivity contribution in [3.8, 4) is 5.75 Å². The van der Waals surface area contributed by atoms with Crippen molar-refractivity contribution in [2.24, 2.45) is 29.0 Å². The molecule has 1 aromatic rings. The second kappa shape index (κ2) is 28.1. The van der Waals surface area contributed by atoms with E-state index in [0.29, 0.717) is 24.2 Å². The van der Waals surface area contributed by atoms with Gasteiger partial charge in [0.25, 0.3) is 0 Å². The number of hydrogen-bond donors (Lipinski definition) is 10. The molecule has 13 N–H and O–H groups in total. The molecule has 382 valence electrons. The molecule has 3 rings (SSSR count). The van der Waals surface area contributed by atoms with E-state index in [1.165, 1.54) is 25.9 Å². The minimum atomic E-state index is -1.73. The second-order valence-electron chi connectivity index (χ2n) is 17.4. The van der Waals surface area contributed by atoms with Crippen LogP contribution < -0.4 is 59.2 Å². The summed E-state index contributed by atoms with van der Waals surface area (Å²) in [5.41, 5.74) is 16.8. The van der Waals surface area contributed by atoms with Crippen molar-refractivity contribution < 1.29 is 58.8 Å². The number of nitrogens with one attached hydrogen (secondary N) is 7. The van der Waals surface area contributed by atoms with Gasteiger partial charge in [0, 0.05) is 32.9 Å². The first-order valence-electron chi connectivity index (χ1n) is 23.4. The molecule has 2 aliphatic heterocycles. The minimum Gasteiger partial charge on any atom is -0.497 e. The van der Waals surface area contributed by atoms with Crippen LogP contribution in [-0.2, 0) is 59.2 Å². The van der Waals surface area contributed by atoms with E-state index >= 15 is 0 Å². The predicted molar refractivity (Wildman–Crippen MR) is 253 cm³/mol. The van der Waals surface area contributed by atoms with E-state index in [-0.39, 0.29) is 56.6 Å². The molecule has 1 aromatic carbocycles. The van der Waals surface area contributed by atoms with Gasteiger partial charge in [0.05, 0.1) is 20.1 Å². The van der Waals surface area contributed by atoms with Crippen molar-refractivity contribution in [3.63, 3.8) is 0 Å². The van der Waals surface area contributed by atoms with E-state index in [4.69, 9.17) is 23.3 Å². The molecule has 2 unspecified atom stereocenters. The maximum atomic E-state index is 14.5. The van der Waals surface area contributed by atoms with Crippen LogP contribution in [-0.4, -0.2) is 144 Å². The summed E-state index contributed by atoms with van der Waals surface area (Å²) in [6.45, 7) is 6.00. The molecule has 2 aliphatic rings. The number of amides is 11. The van der Waals surface area contributed by atoms with Crippen LogP contribution in [0, 0.1) is 11.8 Å². The number of thioether (sulfide) groups is 1. The molecule has 0 spiro atoms. The number of nitrogens with two attached hydrogens (primary N) is 3. The molecule has 8 atom stereocenters. The molecule has 69 heavy (non-hydrogen) atoms. The summed E-state index contributed by atoms with van der Waals surface area (Å²) in [4.78, 5) is 148. The van der Waals surface area contributed by atoms with Gasteiger partial charge in [0.2, 0.25) is 65.0 Å². The van der Waals surface area contributed by atoms with Crippen LogP contribution in [0.25, 0.3) is 0 Å². The van der Waals surface area contributed by atoms with Crippen LogP contribution in [0.2, 0.25) is 0 Å². The van der Waals surface area contributed by atoms with Crippen molar-refractivity contribution in [1.82, 2.24) is 42.1 Å². The van der Waals surface area contributed by atoms with Crippen LogP contribution in [0.1, 0.15) is 92.4 Å². The molecule has 2 saturated heterocycles. The van der Waals surface area contributed by atoms with E-state index in [9.17, 15) is 52.7 Å². The largest absolute Gasteiger partial charge is 0.497 e. The van der Waals surface area contributed by atoms with Crippen LogP contribution in [0.4, 0.5) is 0 Å². The van der Waals surface area contributed by atoms with Gasteiger partial charge in [-0.05, 0) is 67.4 Å². The zero-order chi connectivity index (χ0) is 52.3. The average molecular weight is 989 g/mol. The van der Waals surface area contributed by atoms with Gasteiger partial charge in [-0.2, -0.15) is 11.8 Å². The Morgan fingerprint density at radius 1 is 0.841 bits per heavy atom. The lowest BCUT2D eigenvalue weighted by atomic mass is 9.96. The van der Waals surface area contributed by atoms with E-state index in [1.807, 2.05) is 0 Å². The molecule has 11 amide bonds. The quantitative estimate of drug-likeness (QED) is 0.0728. The first kappa shape index (κ1) is 55.1. The third kappa shape index (κ3) is 18.9. The molecule has 0 saturated carbocycles. The Kier molecular flexibility index (Phi) is 22.5. The standard InChI is InChI=1S/C45H69N11O12S/c1-6-25(4)38-44(66)51-28(15-16-34(46)57)40(62)52-31(21-35(47)58)41(63)54-32(23-69-18-8-10-37(60)50-30(42(64)55-38)20-26-11-13-27(68-5)14-12-26)45(67)56-17-7-9-33(56)43(65)53-29(19-24(2)3)39(61)49-22-36(48)59/h11-14,24-25,28-33,38H,6-10,15-23H2,1-5H3,(H2,46,57)(H2,47,58)(H2,48,59)(H,49,61)(H,50,60)(H,51,66)(H,52,62)(H,53,65)(H,54,63)(H,55,64)/t25?,28-,29?,30-,31-,32-,33-,38-/m0/s1/i24D. The SMILES string of the molecule is [2H]C(C)(C)CC(NC(=O)[C@@H]1CCCN1C(=O)[C@@H]1CSCCCC(=O)N[C@@H](Cc2ccc(OC)cc2)C(=O)N[C@@H](C(C)CC)C(=O)N[C@@H](CCC(N)=O)C(=O)N[C@@H](CC(N)=O)C(=O)N1)C(=O)NCC(N)=O. The van der Waals surface area contributed by atoms with E-state index in [2.05, 4.69) is 37.2 Å². The molecule has 2 fully saturated rings. The lowest BCUT2D eigenvalue weighted by molar-refractivity contribution is -0.142. The normalized spacial score (nSPS) is 23.5. The third-order valence-corrected chi connectivity index (χ3v) is 12.7. The van der Waals surface area contributed by atoms with E-state index in [0.717, 1.165) is 11.8 Å². The van der Waals surface area contributed by atoms with Crippen molar-refractivity contribution >= 4 is 76.7 Å². The fourth-order valence-electron chi connectivity index (χ4n) is 7.60. The van der Waals surface area contributed by atoms with Crippen molar-refractivity contribution in [2.75, 3.05) is 31.7 Å². The Labute approximate surface area is 407 Å². The van der Waals surface area contributed by atoms with Crippen molar-refractivity contribution in [1.29, 1.82) is 0 Å². The lowest BCUT2D eigenvalue weighted by Crippen LogP contribution is -2.61. The highest BCUT2D eigenvalue weighted by Gasteiger charge is 2.40. The monoisotopic (exact) mass is 988 g/mol. The number of rotatable bonds is 18. The highest BCUT2D eigenvalue weighted by Crippen LogP contribution is 2.22. The van der Waals surface area contributed by atoms with Gasteiger partial charge in [-0.3, -0.25) is 52.7 Å². The number of methoxy groups -OCH3 is 1. The summed E-state index contributed by atoms with van der Waals surface area (Å²) in [6, 6.07) is -2.81. The zero-order valence-electron chi connectivity index (χ0n) is 40.8. The van der Waals surface area contributed by atoms with Gasteiger partial charge in [-0.1, -0.05) is 46.2 Å². The van der Waals surface area contributed by atoms with E-state index in [1.54, 1.807) is 38.1 Å². The number of benzene rings is 1. The fraction of sp³-hybridized carbons (Fsp3) is 0.622. The number of ether oxygens (including phenoxy) is 1. The molecule has 24 heteroatoms. The number of hydrogen-bond acceptors (Lipinski definition) is 13. The number of carbonyl (C=O) groups is 11. The highest BCUT2D eigenvalue weighted by atomic mass is 32.2. The second-order valence-corrected chi connectivity index (χ2v) is 18.6. The number of nitrogens with zero attached hydrogens (tertiary/aromatic N) is 1. The van der Waals surface area contributed by atoms with Crippen LogP contribution in [0.5, 0.6) is 5.75 Å². The van der Waals surface area contributed by atoms with E-state index < -0.39 is 138 Å². The lowest BCUT2D eigenvalue weighted by Gasteiger charge is -2.31. The first-order valence-corrected chi connectivity index (χ1v) is 24.0. The van der Waals surface area contributed by atoms with Crippen LogP contribution >= 0.6 is 11.8 Å². The Hall–Kier alpha value is -6.46. The van der Waals surface area contributed by atoms with Crippen LogP contribution in [0.3, 0.4) is 0 Å². The predicted octanol–water partition coefficient (Wildman–Crippen LogP) is -2.50. The number of likely N-dealkylation sites (tertiary alicyclic amines) is 1. The first-order chi connectivity index (χ1) is 32.9. The topological polar surface area (TPSA) is 363 Å². The highest BCUT2D eigenvalue weighted by molar-refractivity contribution is 7.99. The maximum Gasteiger partial charge on any atom is 0.246 e. The zero-order valence-corrected chi connectivity index (χ0v) is 40.6. The third-order valence-electron chi connectivity index (χ3n) is 11.5. The molecule has 0 aromatic heterocycles. The molecular weight excluding hydrogens is 919 g/mol. The smallest absolute Gasteiger partial charge is 0.246 e. The Morgan fingerprint density at radius 2 is 1.49 bits per heavy atom. The summed E-state index contributed by atoms with van der Waals surface area (Å²) in [6.07, 6.45) is -0.728. The van der Waals surface area contributed by atoms with Gasteiger partial charge < -0.3 is 64.1 Å². The Bertz CT molecular complexity index is 2070. The van der Waals surface area contributed by atoms with Gasteiger partial charge >= 0.3 is 0 Å². The Balaban J connectivity index is 2.03. The summed E-state index contributed by atoms with van der Waals surface area (Å²) in [7, 11) is 1.50. The van der Waals surface area contributed by atoms with Gasteiger partial charge in [0.15, 0.2) is 0 Å².